The van der Waals surface area contributed by atoms with Gasteiger partial charge in [-0.1, -0.05) is 0 Å². The van der Waals surface area contributed by atoms with Gasteiger partial charge in [-0.2, -0.15) is 0 Å². The zero-order valence-electron chi connectivity index (χ0n) is 15.0. The van der Waals surface area contributed by atoms with Crippen molar-refractivity contribution in [3.05, 3.63) is 28.2 Å². The zero-order valence-corrected chi connectivity index (χ0v) is 15.0. The molecule has 0 aliphatic carbocycles. The Morgan fingerprint density at radius 3 is 2.48 bits per heavy atom. The Morgan fingerprint density at radius 2 is 1.88 bits per heavy atom. The van der Waals surface area contributed by atoms with E-state index in [0.717, 1.165) is 25.3 Å². The molecule has 7 nitrogen and oxygen atoms in total. The smallest absolute Gasteiger partial charge is 0.308 e. The van der Waals surface area contributed by atoms with Gasteiger partial charge in [0.1, 0.15) is 5.75 Å². The number of aromatic nitrogens is 1. The summed E-state index contributed by atoms with van der Waals surface area (Å²) in [5, 5.41) is 9.36. The van der Waals surface area contributed by atoms with Gasteiger partial charge in [0.25, 0.3) is 11.5 Å². The monoisotopic (exact) mass is 350 g/mol. The molecule has 0 bridgehead atoms. The van der Waals surface area contributed by atoms with Crippen molar-refractivity contribution in [3.8, 4) is 5.75 Å². The number of esters is 1. The number of carbonyl (C=O) groups excluding carboxylic acids is 2. The first-order valence-electron chi connectivity index (χ1n) is 8.67. The van der Waals surface area contributed by atoms with Gasteiger partial charge in [-0.05, 0) is 46.1 Å². The number of aryl methyl sites for hydroxylation is 1. The van der Waals surface area contributed by atoms with E-state index < -0.39 is 5.97 Å². The summed E-state index contributed by atoms with van der Waals surface area (Å²) in [4.78, 5) is 37.8. The summed E-state index contributed by atoms with van der Waals surface area (Å²) in [6, 6.07) is 2.87. The van der Waals surface area contributed by atoms with Crippen molar-refractivity contribution < 1.29 is 19.4 Å². The SMILES string of the molecule is Cc1cc(O)cc(=O)n1CCC(=O)OCC(=O)N1C(C)CCCC1C. The second-order valence-corrected chi connectivity index (χ2v) is 6.69. The van der Waals surface area contributed by atoms with Crippen LogP contribution in [0.1, 0.15) is 45.2 Å². The number of hydrogen-bond donors (Lipinski definition) is 1. The minimum Gasteiger partial charge on any atom is -0.508 e. The molecule has 1 amide bonds. The summed E-state index contributed by atoms with van der Waals surface area (Å²) >= 11 is 0. The molecule has 2 atom stereocenters. The highest BCUT2D eigenvalue weighted by Crippen LogP contribution is 2.22. The molecule has 0 aromatic carbocycles. The fourth-order valence-electron chi connectivity index (χ4n) is 3.40. The highest BCUT2D eigenvalue weighted by Gasteiger charge is 2.29. The number of piperidine rings is 1. The molecule has 1 N–H and O–H groups in total. The molecular formula is C18H26N2O5. The summed E-state index contributed by atoms with van der Waals surface area (Å²) in [5.74, 6) is -0.798. The van der Waals surface area contributed by atoms with Crippen molar-refractivity contribution >= 4 is 11.9 Å². The third-order valence-corrected chi connectivity index (χ3v) is 4.70. The van der Waals surface area contributed by atoms with Gasteiger partial charge >= 0.3 is 5.97 Å². The number of likely N-dealkylation sites (tertiary alicyclic amines) is 1. The molecule has 1 aliphatic rings. The molecule has 0 spiro atoms. The molecule has 2 heterocycles. The fourth-order valence-corrected chi connectivity index (χ4v) is 3.40. The van der Waals surface area contributed by atoms with E-state index in [-0.39, 0.29) is 48.9 Å². The van der Waals surface area contributed by atoms with E-state index in [1.165, 1.54) is 10.6 Å². The molecule has 138 valence electrons. The van der Waals surface area contributed by atoms with Crippen LogP contribution in [0, 0.1) is 6.92 Å². The standard InChI is InChI=1S/C18H26N2O5/c1-12-5-4-6-13(2)20(12)17(23)11-25-18(24)7-8-19-14(3)9-15(21)10-16(19)22/h9-10,12-13,21H,4-8,11H2,1-3H3. The zero-order chi connectivity index (χ0) is 18.6. The highest BCUT2D eigenvalue weighted by molar-refractivity contribution is 5.81. The third-order valence-electron chi connectivity index (χ3n) is 4.70. The van der Waals surface area contributed by atoms with Gasteiger partial charge in [-0.25, -0.2) is 0 Å². The lowest BCUT2D eigenvalue weighted by atomic mass is 9.97. The molecule has 2 unspecified atom stereocenters. The summed E-state index contributed by atoms with van der Waals surface area (Å²) < 4.78 is 6.47. The van der Waals surface area contributed by atoms with E-state index in [1.807, 2.05) is 13.8 Å². The van der Waals surface area contributed by atoms with Crippen LogP contribution in [0.25, 0.3) is 0 Å². The lowest BCUT2D eigenvalue weighted by Gasteiger charge is -2.38. The quantitative estimate of drug-likeness (QED) is 0.815. The van der Waals surface area contributed by atoms with E-state index in [0.29, 0.717) is 5.69 Å². The van der Waals surface area contributed by atoms with Crippen LogP contribution in [0.2, 0.25) is 0 Å². The fraction of sp³-hybridized carbons (Fsp3) is 0.611. The van der Waals surface area contributed by atoms with Crippen molar-refractivity contribution in [1.82, 2.24) is 9.47 Å². The number of rotatable bonds is 5. The van der Waals surface area contributed by atoms with Gasteiger partial charge in [0, 0.05) is 30.4 Å². The number of aromatic hydroxyl groups is 1. The molecule has 2 rings (SSSR count). The molecule has 7 heteroatoms. The highest BCUT2D eigenvalue weighted by atomic mass is 16.5. The number of nitrogens with zero attached hydrogens (tertiary/aromatic N) is 2. The van der Waals surface area contributed by atoms with Gasteiger partial charge in [-0.15, -0.1) is 0 Å². The van der Waals surface area contributed by atoms with Crippen LogP contribution in [0.15, 0.2) is 16.9 Å². The summed E-state index contributed by atoms with van der Waals surface area (Å²) in [5.41, 5.74) is 0.183. The Kier molecular flexibility index (Phi) is 6.22. The molecule has 1 aromatic rings. The van der Waals surface area contributed by atoms with E-state index in [2.05, 4.69) is 0 Å². The third kappa shape index (κ3) is 4.84. The Labute approximate surface area is 147 Å². The van der Waals surface area contributed by atoms with Crippen LogP contribution in [0.5, 0.6) is 5.75 Å². The largest absolute Gasteiger partial charge is 0.508 e. The topological polar surface area (TPSA) is 88.8 Å². The molecule has 1 fully saturated rings. The number of carbonyl (C=O) groups is 2. The normalized spacial score (nSPS) is 20.4. The van der Waals surface area contributed by atoms with Crippen LogP contribution >= 0.6 is 0 Å². The Bertz CT molecular complexity index is 687. The van der Waals surface area contributed by atoms with Gasteiger partial charge in [0.15, 0.2) is 6.61 Å². The summed E-state index contributed by atoms with van der Waals surface area (Å²) in [6.07, 6.45) is 3.02. The van der Waals surface area contributed by atoms with E-state index in [1.54, 1.807) is 11.8 Å². The first-order chi connectivity index (χ1) is 11.8. The predicted molar refractivity (Wildman–Crippen MR) is 92.3 cm³/mol. The number of pyridine rings is 1. The first kappa shape index (κ1) is 19.0. The Morgan fingerprint density at radius 1 is 1.24 bits per heavy atom. The maximum atomic E-state index is 12.3. The molecule has 1 saturated heterocycles. The van der Waals surface area contributed by atoms with E-state index in [9.17, 15) is 19.5 Å². The molecule has 1 aliphatic heterocycles. The van der Waals surface area contributed by atoms with Crippen LogP contribution in [-0.4, -0.2) is 45.1 Å². The van der Waals surface area contributed by atoms with Crippen LogP contribution in [0.4, 0.5) is 0 Å². The van der Waals surface area contributed by atoms with Crippen molar-refractivity contribution in [2.45, 2.75) is 65.1 Å². The maximum absolute atomic E-state index is 12.3. The molecule has 25 heavy (non-hydrogen) atoms. The molecule has 1 aromatic heterocycles. The molecule has 0 saturated carbocycles. The number of ether oxygens (including phenoxy) is 1. The van der Waals surface area contributed by atoms with Crippen LogP contribution in [0.3, 0.4) is 0 Å². The minimum absolute atomic E-state index is 0.0100. The van der Waals surface area contributed by atoms with Crippen molar-refractivity contribution in [1.29, 1.82) is 0 Å². The van der Waals surface area contributed by atoms with Crippen molar-refractivity contribution in [2.75, 3.05) is 6.61 Å². The predicted octanol–water partition coefficient (Wildman–Crippen LogP) is 1.59. The number of hydrogen-bond acceptors (Lipinski definition) is 5. The Hall–Kier alpha value is -2.31. The second kappa shape index (κ2) is 8.18. The maximum Gasteiger partial charge on any atom is 0.308 e. The van der Waals surface area contributed by atoms with E-state index in [4.69, 9.17) is 4.74 Å². The van der Waals surface area contributed by atoms with E-state index >= 15 is 0 Å². The lowest BCUT2D eigenvalue weighted by molar-refractivity contribution is -0.155. The molecule has 0 radical (unpaired) electrons. The van der Waals surface area contributed by atoms with Crippen molar-refractivity contribution in [2.24, 2.45) is 0 Å². The number of amides is 1. The lowest BCUT2D eigenvalue weighted by Crippen LogP contribution is -2.49. The molecular weight excluding hydrogens is 324 g/mol. The average Bonchev–Trinajstić information content (AvgIpc) is 2.51. The van der Waals surface area contributed by atoms with Crippen LogP contribution < -0.4 is 5.56 Å². The summed E-state index contributed by atoms with van der Waals surface area (Å²) in [6.45, 7) is 5.57. The first-order valence-corrected chi connectivity index (χ1v) is 8.67. The van der Waals surface area contributed by atoms with Gasteiger partial charge < -0.3 is 19.3 Å². The van der Waals surface area contributed by atoms with Crippen LogP contribution in [-0.2, 0) is 20.9 Å². The Balaban J connectivity index is 1.85. The van der Waals surface area contributed by atoms with Gasteiger partial charge in [0.05, 0.1) is 6.42 Å². The minimum atomic E-state index is -0.523. The summed E-state index contributed by atoms with van der Waals surface area (Å²) in [7, 11) is 0. The van der Waals surface area contributed by atoms with Gasteiger partial charge in [0.2, 0.25) is 0 Å². The average molecular weight is 350 g/mol. The van der Waals surface area contributed by atoms with Crippen molar-refractivity contribution in [3.63, 3.8) is 0 Å². The van der Waals surface area contributed by atoms with Gasteiger partial charge in [-0.3, -0.25) is 14.4 Å². The second-order valence-electron chi connectivity index (χ2n) is 6.69.